The molecule has 6 rings (SSSR count). The van der Waals surface area contributed by atoms with Crippen LogP contribution in [0.5, 0.6) is 5.75 Å². The van der Waals surface area contributed by atoms with Crippen LogP contribution in [0.15, 0.2) is 11.0 Å². The molecule has 4 saturated carbocycles. The molecule has 0 aliphatic heterocycles. The molecule has 4 bridgehead atoms. The maximum absolute atomic E-state index is 13.8. The van der Waals surface area contributed by atoms with E-state index in [9.17, 15) is 28.7 Å². The number of pyridine rings is 1. The largest absolute Gasteiger partial charge is 1.00 e. The Morgan fingerprint density at radius 3 is 2.34 bits per heavy atom. The van der Waals surface area contributed by atoms with E-state index in [4.69, 9.17) is 4.74 Å². The van der Waals surface area contributed by atoms with Crippen molar-refractivity contribution in [1.29, 1.82) is 0 Å². The minimum absolute atomic E-state index is 0. The molecule has 0 radical (unpaired) electrons. The van der Waals surface area contributed by atoms with Gasteiger partial charge in [-0.15, -0.1) is 0 Å². The van der Waals surface area contributed by atoms with Crippen molar-refractivity contribution in [1.82, 2.24) is 19.7 Å². The van der Waals surface area contributed by atoms with E-state index in [1.165, 1.54) is 28.5 Å². The molecule has 0 unspecified atom stereocenters. The van der Waals surface area contributed by atoms with Crippen molar-refractivity contribution in [2.45, 2.75) is 76.3 Å². The van der Waals surface area contributed by atoms with E-state index >= 15 is 0 Å². The molecule has 12 heteroatoms. The Bertz CT molecular complexity index is 1270. The third kappa shape index (κ3) is 5.70. The number of nitrogens with zero attached hydrogens (tertiary/aromatic N) is 3. The summed E-state index contributed by atoms with van der Waals surface area (Å²) in [7, 11) is 1.63. The molecule has 0 atom stereocenters. The first kappa shape index (κ1) is 28.8. The van der Waals surface area contributed by atoms with Gasteiger partial charge in [-0.2, -0.15) is 5.10 Å². The Labute approximate surface area is 241 Å². The first-order chi connectivity index (χ1) is 17.7. The summed E-state index contributed by atoms with van der Waals surface area (Å²) in [5, 5.41) is 18.4. The Hall–Kier alpha value is -2.24. The number of hydrogen-bond donors (Lipinski definition) is 1. The number of carboxylic acid groups (broad SMARTS) is 1. The van der Waals surface area contributed by atoms with Crippen LogP contribution < -0.4 is 50.3 Å². The van der Waals surface area contributed by atoms with Gasteiger partial charge < -0.3 is 24.5 Å². The minimum Gasteiger partial charge on any atom is -0.550 e. The fourth-order valence-corrected chi connectivity index (χ4v) is 7.12. The molecule has 200 valence electrons. The van der Waals surface area contributed by atoms with Crippen LogP contribution in [0.2, 0.25) is 0 Å². The fraction of sp³-hybridized carbons (Fsp3) is 0.654. The number of aliphatic carboxylic acids is 1. The fourth-order valence-electron chi connectivity index (χ4n) is 7.12. The van der Waals surface area contributed by atoms with Gasteiger partial charge >= 0.3 is 35.5 Å². The molecule has 4 aliphatic rings. The van der Waals surface area contributed by atoms with Gasteiger partial charge in [0.05, 0.1) is 18.6 Å². The number of rotatable bonds is 10. The predicted octanol–water partition coefficient (Wildman–Crippen LogP) is -1.38. The maximum Gasteiger partial charge on any atom is 1.00 e. The molecule has 4 fully saturated rings. The molecule has 38 heavy (non-hydrogen) atoms. The van der Waals surface area contributed by atoms with Crippen LogP contribution in [0.1, 0.15) is 74.6 Å². The third-order valence-corrected chi connectivity index (χ3v) is 8.16. The van der Waals surface area contributed by atoms with Crippen molar-refractivity contribution >= 4 is 28.9 Å². The predicted molar refractivity (Wildman–Crippen MR) is 128 cm³/mol. The Morgan fingerprint density at radius 2 is 1.76 bits per heavy atom. The van der Waals surface area contributed by atoms with Crippen LogP contribution in [0, 0.1) is 17.8 Å². The summed E-state index contributed by atoms with van der Waals surface area (Å²) in [5.74, 6) is -1.54. The molecule has 2 aromatic heterocycles. The maximum atomic E-state index is 13.8. The number of unbranched alkanes of at least 4 members (excludes halogenated alkanes) is 1. The van der Waals surface area contributed by atoms with Gasteiger partial charge in [-0.05, 0) is 75.5 Å². The number of amides is 1. The zero-order valence-corrected chi connectivity index (χ0v) is 24.0. The monoisotopic (exact) mass is 538 g/mol. The van der Waals surface area contributed by atoms with Crippen LogP contribution in [0.25, 0.3) is 11.0 Å². The Morgan fingerprint density at radius 1 is 1.13 bits per heavy atom. The second-order valence-corrected chi connectivity index (χ2v) is 11.1. The standard InChI is InChI=1S/C26H33FN4O6.Na/c1-30-14-18-22(29-30)23(37-20(34)5-4-19(32)33)21(25(36)31(18)7-3-2-6-27)24(35)28-26-11-15-8-16(12-26)10-17(9-15)13-26;/h14-17H,2-13H2,1H3,(H,28,35)(H,32,33);/q;+1/p-1. The molecular formula is C26H32FN4NaO6. The van der Waals surface area contributed by atoms with Crippen LogP contribution in [-0.2, 0) is 23.2 Å². The van der Waals surface area contributed by atoms with Gasteiger partial charge in [0.2, 0.25) is 0 Å². The SMILES string of the molecule is Cn1cc2c(n1)c(OC(=O)CCC(=O)[O-])c(C(=O)NC13CC4CC(CC(C4)C1)C3)c(=O)n2CCCCF.[Na+]. The number of carbonyl (C=O) groups excluding carboxylic acids is 3. The first-order valence-corrected chi connectivity index (χ1v) is 13.1. The number of alkyl halides is 1. The summed E-state index contributed by atoms with van der Waals surface area (Å²) in [6, 6.07) is 0. The van der Waals surface area contributed by atoms with E-state index in [-0.39, 0.29) is 59.4 Å². The molecule has 0 saturated heterocycles. The first-order valence-electron chi connectivity index (χ1n) is 13.1. The third-order valence-electron chi connectivity index (χ3n) is 8.16. The molecule has 1 amide bonds. The average Bonchev–Trinajstić information content (AvgIpc) is 3.20. The number of carbonyl (C=O) groups is 3. The number of halogens is 1. The number of carboxylic acids is 1. The summed E-state index contributed by atoms with van der Waals surface area (Å²) >= 11 is 0. The van der Waals surface area contributed by atoms with Crippen LogP contribution >= 0.6 is 0 Å². The van der Waals surface area contributed by atoms with Gasteiger partial charge in [0.25, 0.3) is 11.5 Å². The number of hydrogen-bond acceptors (Lipinski definition) is 7. The van der Waals surface area contributed by atoms with Crippen LogP contribution in [0.4, 0.5) is 4.39 Å². The van der Waals surface area contributed by atoms with Crippen LogP contribution in [-0.4, -0.2) is 44.4 Å². The van der Waals surface area contributed by atoms with Gasteiger partial charge in [0, 0.05) is 31.3 Å². The number of ether oxygens (including phenoxy) is 1. The van der Waals surface area contributed by atoms with Crippen molar-refractivity contribution in [3.8, 4) is 5.75 Å². The van der Waals surface area contributed by atoms with E-state index in [0.29, 0.717) is 29.7 Å². The quantitative estimate of drug-likeness (QED) is 0.224. The van der Waals surface area contributed by atoms with E-state index in [2.05, 4.69) is 10.4 Å². The van der Waals surface area contributed by atoms with Crippen molar-refractivity contribution in [3.05, 3.63) is 22.1 Å². The van der Waals surface area contributed by atoms with Gasteiger partial charge in [0.1, 0.15) is 5.56 Å². The molecule has 1 N–H and O–H groups in total. The summed E-state index contributed by atoms with van der Waals surface area (Å²) in [6.07, 6.45) is 7.29. The Balaban J connectivity index is 0.00000336. The number of aryl methyl sites for hydroxylation is 2. The number of nitrogens with one attached hydrogen (secondary N) is 1. The molecule has 4 aliphatic carbocycles. The van der Waals surface area contributed by atoms with Crippen molar-refractivity contribution in [2.75, 3.05) is 6.67 Å². The number of fused-ring (bicyclic) bond motifs is 1. The second-order valence-electron chi connectivity index (χ2n) is 11.1. The topological polar surface area (TPSA) is 135 Å². The van der Waals surface area contributed by atoms with Gasteiger partial charge in [-0.3, -0.25) is 23.5 Å². The molecule has 0 spiro atoms. The zero-order chi connectivity index (χ0) is 26.3. The smallest absolute Gasteiger partial charge is 0.550 e. The summed E-state index contributed by atoms with van der Waals surface area (Å²) < 4.78 is 21.1. The normalized spacial score (nSPS) is 25.3. The summed E-state index contributed by atoms with van der Waals surface area (Å²) in [5.41, 5.74) is -0.888. The molecule has 2 heterocycles. The zero-order valence-electron chi connectivity index (χ0n) is 22.0. The van der Waals surface area contributed by atoms with Crippen molar-refractivity contribution < 1.29 is 58.2 Å². The summed E-state index contributed by atoms with van der Waals surface area (Å²) in [4.78, 5) is 51.0. The van der Waals surface area contributed by atoms with Crippen LogP contribution in [0.3, 0.4) is 0 Å². The Kier molecular flexibility index (Phi) is 8.68. The van der Waals surface area contributed by atoms with Gasteiger partial charge in [0.15, 0.2) is 11.3 Å². The van der Waals surface area contributed by atoms with Gasteiger partial charge in [-0.25, -0.2) is 0 Å². The van der Waals surface area contributed by atoms with E-state index in [1.54, 1.807) is 13.2 Å². The summed E-state index contributed by atoms with van der Waals surface area (Å²) in [6.45, 7) is -0.361. The van der Waals surface area contributed by atoms with Gasteiger partial charge in [-0.1, -0.05) is 0 Å². The van der Waals surface area contributed by atoms with Crippen molar-refractivity contribution in [3.63, 3.8) is 0 Å². The van der Waals surface area contributed by atoms with E-state index in [1.807, 2.05) is 0 Å². The second kappa shape index (κ2) is 11.5. The molecule has 2 aromatic rings. The minimum atomic E-state index is -1.41. The molecule has 0 aromatic carbocycles. The average molecular weight is 539 g/mol. The number of esters is 1. The molecular weight excluding hydrogens is 506 g/mol. The van der Waals surface area contributed by atoms with E-state index in [0.717, 1.165) is 19.3 Å². The number of aromatic nitrogens is 3. The molecule has 10 nitrogen and oxygen atoms in total. The van der Waals surface area contributed by atoms with Crippen molar-refractivity contribution in [2.24, 2.45) is 24.8 Å². The van der Waals surface area contributed by atoms with E-state index < -0.39 is 48.5 Å².